The standard InChI is InChI=1S/C12H17N.C2H6/c1-13-10-6-5-9-12(13)11-7-3-2-4-8-11;1-2/h2-4,7-8,12H,5-6,9-10H2,1H3;1-2H3. The summed E-state index contributed by atoms with van der Waals surface area (Å²) in [5.41, 5.74) is 1.48. The van der Waals surface area contributed by atoms with Crippen LogP contribution < -0.4 is 0 Å². The van der Waals surface area contributed by atoms with E-state index < -0.39 is 0 Å². The van der Waals surface area contributed by atoms with Crippen molar-refractivity contribution in [2.45, 2.75) is 39.2 Å². The van der Waals surface area contributed by atoms with Gasteiger partial charge in [-0.1, -0.05) is 50.6 Å². The van der Waals surface area contributed by atoms with E-state index in [-0.39, 0.29) is 0 Å². The Kier molecular flexibility index (Phi) is 5.41. The summed E-state index contributed by atoms with van der Waals surface area (Å²) < 4.78 is 0. The third-order valence-electron chi connectivity index (χ3n) is 2.95. The van der Waals surface area contributed by atoms with Gasteiger partial charge in [0, 0.05) is 6.04 Å². The van der Waals surface area contributed by atoms with Gasteiger partial charge in [0.05, 0.1) is 0 Å². The lowest BCUT2D eigenvalue weighted by Crippen LogP contribution is -2.29. The number of rotatable bonds is 1. The van der Waals surface area contributed by atoms with Gasteiger partial charge in [0.15, 0.2) is 0 Å². The molecule has 1 aliphatic rings. The van der Waals surface area contributed by atoms with E-state index in [2.05, 4.69) is 42.3 Å². The summed E-state index contributed by atoms with van der Waals surface area (Å²) in [6.07, 6.45) is 4.06. The highest BCUT2D eigenvalue weighted by atomic mass is 15.1. The molecular formula is C14H23N. The molecule has 15 heavy (non-hydrogen) atoms. The summed E-state index contributed by atoms with van der Waals surface area (Å²) in [5, 5.41) is 0. The highest BCUT2D eigenvalue weighted by molar-refractivity contribution is 5.19. The number of nitrogens with zero attached hydrogens (tertiary/aromatic N) is 1. The number of hydrogen-bond donors (Lipinski definition) is 0. The smallest absolute Gasteiger partial charge is 0.0345 e. The second-order valence-electron chi connectivity index (χ2n) is 3.90. The van der Waals surface area contributed by atoms with Gasteiger partial charge in [-0.25, -0.2) is 0 Å². The maximum atomic E-state index is 2.47. The van der Waals surface area contributed by atoms with Gasteiger partial charge in [-0.05, 0) is 32.0 Å². The highest BCUT2D eigenvalue weighted by Crippen LogP contribution is 2.28. The summed E-state index contributed by atoms with van der Waals surface area (Å²) in [4.78, 5) is 2.47. The van der Waals surface area contributed by atoms with Crippen molar-refractivity contribution in [3.05, 3.63) is 35.9 Å². The van der Waals surface area contributed by atoms with E-state index in [1.54, 1.807) is 0 Å². The van der Waals surface area contributed by atoms with Crippen LogP contribution in [0.2, 0.25) is 0 Å². The van der Waals surface area contributed by atoms with Crippen molar-refractivity contribution in [3.8, 4) is 0 Å². The maximum absolute atomic E-state index is 2.47. The average molecular weight is 205 g/mol. The van der Waals surface area contributed by atoms with Crippen LogP contribution in [-0.2, 0) is 0 Å². The fourth-order valence-corrected chi connectivity index (χ4v) is 2.17. The van der Waals surface area contributed by atoms with Gasteiger partial charge in [-0.3, -0.25) is 4.90 Å². The molecule has 1 nitrogen and oxygen atoms in total. The molecule has 0 bridgehead atoms. The second-order valence-corrected chi connectivity index (χ2v) is 3.90. The zero-order valence-corrected chi connectivity index (χ0v) is 10.2. The molecule has 1 heterocycles. The van der Waals surface area contributed by atoms with Crippen molar-refractivity contribution < 1.29 is 0 Å². The molecule has 1 saturated heterocycles. The van der Waals surface area contributed by atoms with Crippen molar-refractivity contribution >= 4 is 0 Å². The average Bonchev–Trinajstić information content (AvgIpc) is 2.33. The number of benzene rings is 1. The van der Waals surface area contributed by atoms with Gasteiger partial charge in [-0.15, -0.1) is 0 Å². The minimum atomic E-state index is 0.662. The quantitative estimate of drug-likeness (QED) is 0.672. The van der Waals surface area contributed by atoms with Crippen LogP contribution in [0.4, 0.5) is 0 Å². The van der Waals surface area contributed by atoms with E-state index in [1.807, 2.05) is 13.8 Å². The minimum absolute atomic E-state index is 0.662. The molecule has 0 radical (unpaired) electrons. The number of hydrogen-bond acceptors (Lipinski definition) is 1. The fourth-order valence-electron chi connectivity index (χ4n) is 2.17. The van der Waals surface area contributed by atoms with Gasteiger partial charge in [-0.2, -0.15) is 0 Å². The molecule has 1 unspecified atom stereocenters. The molecule has 0 amide bonds. The number of likely N-dealkylation sites (tertiary alicyclic amines) is 1. The first-order valence-corrected chi connectivity index (χ1v) is 6.13. The molecule has 1 fully saturated rings. The maximum Gasteiger partial charge on any atom is 0.0345 e. The summed E-state index contributed by atoms with van der Waals surface area (Å²) in [7, 11) is 2.23. The molecule has 0 spiro atoms. The van der Waals surface area contributed by atoms with Crippen LogP contribution in [0.1, 0.15) is 44.7 Å². The third-order valence-corrected chi connectivity index (χ3v) is 2.95. The molecule has 0 aromatic heterocycles. The Bertz CT molecular complexity index is 255. The normalized spacial score (nSPS) is 21.7. The second kappa shape index (κ2) is 6.62. The van der Waals surface area contributed by atoms with Crippen LogP contribution in [-0.4, -0.2) is 18.5 Å². The molecule has 84 valence electrons. The molecule has 0 aliphatic carbocycles. The van der Waals surface area contributed by atoms with E-state index >= 15 is 0 Å². The van der Waals surface area contributed by atoms with Gasteiger partial charge in [0.1, 0.15) is 0 Å². The van der Waals surface area contributed by atoms with Gasteiger partial charge < -0.3 is 0 Å². The Balaban J connectivity index is 0.000000531. The van der Waals surface area contributed by atoms with Crippen molar-refractivity contribution in [3.63, 3.8) is 0 Å². The van der Waals surface area contributed by atoms with E-state index in [0.29, 0.717) is 6.04 Å². The molecular weight excluding hydrogens is 182 g/mol. The Hall–Kier alpha value is -0.820. The Labute approximate surface area is 94.1 Å². The lowest BCUT2D eigenvalue weighted by Gasteiger charge is -2.32. The molecule has 1 aromatic rings. The van der Waals surface area contributed by atoms with Crippen LogP contribution in [0.3, 0.4) is 0 Å². The summed E-state index contributed by atoms with van der Waals surface area (Å²) in [6, 6.07) is 11.5. The summed E-state index contributed by atoms with van der Waals surface area (Å²) in [6.45, 7) is 5.25. The fraction of sp³-hybridized carbons (Fsp3) is 0.571. The molecule has 0 N–H and O–H groups in total. The van der Waals surface area contributed by atoms with Crippen LogP contribution in [0.5, 0.6) is 0 Å². The first-order valence-electron chi connectivity index (χ1n) is 6.13. The molecule has 1 aromatic carbocycles. The predicted molar refractivity (Wildman–Crippen MR) is 67.0 cm³/mol. The SMILES string of the molecule is CC.CN1CCCCC1c1ccccc1. The van der Waals surface area contributed by atoms with Crippen LogP contribution >= 0.6 is 0 Å². The van der Waals surface area contributed by atoms with Gasteiger partial charge in [0.2, 0.25) is 0 Å². The first kappa shape index (κ1) is 12.3. The van der Waals surface area contributed by atoms with E-state index in [0.717, 1.165) is 0 Å². The van der Waals surface area contributed by atoms with Crippen LogP contribution in [0.15, 0.2) is 30.3 Å². The lowest BCUT2D eigenvalue weighted by molar-refractivity contribution is 0.187. The van der Waals surface area contributed by atoms with Gasteiger partial charge >= 0.3 is 0 Å². The summed E-state index contributed by atoms with van der Waals surface area (Å²) >= 11 is 0. The topological polar surface area (TPSA) is 3.24 Å². The van der Waals surface area contributed by atoms with Crippen LogP contribution in [0.25, 0.3) is 0 Å². The van der Waals surface area contributed by atoms with Crippen molar-refractivity contribution in [2.24, 2.45) is 0 Å². The monoisotopic (exact) mass is 205 g/mol. The molecule has 1 heteroatoms. The molecule has 1 aliphatic heterocycles. The Morgan fingerprint density at radius 2 is 1.73 bits per heavy atom. The number of piperidine rings is 1. The van der Waals surface area contributed by atoms with Crippen LogP contribution in [0, 0.1) is 0 Å². The largest absolute Gasteiger partial charge is 0.299 e. The van der Waals surface area contributed by atoms with Gasteiger partial charge in [0.25, 0.3) is 0 Å². The first-order chi connectivity index (χ1) is 7.38. The molecule has 0 saturated carbocycles. The highest BCUT2D eigenvalue weighted by Gasteiger charge is 2.19. The summed E-state index contributed by atoms with van der Waals surface area (Å²) in [5.74, 6) is 0. The zero-order chi connectivity index (χ0) is 11.1. The van der Waals surface area contributed by atoms with Crippen molar-refractivity contribution in [1.82, 2.24) is 4.90 Å². The lowest BCUT2D eigenvalue weighted by atomic mass is 9.96. The molecule has 2 rings (SSSR count). The van der Waals surface area contributed by atoms with Crippen molar-refractivity contribution in [1.29, 1.82) is 0 Å². The zero-order valence-electron chi connectivity index (χ0n) is 10.2. The minimum Gasteiger partial charge on any atom is -0.299 e. The molecule has 1 atom stereocenters. The Morgan fingerprint density at radius 3 is 2.33 bits per heavy atom. The van der Waals surface area contributed by atoms with Crippen molar-refractivity contribution in [2.75, 3.05) is 13.6 Å². The van der Waals surface area contributed by atoms with E-state index in [4.69, 9.17) is 0 Å². The van der Waals surface area contributed by atoms with E-state index in [9.17, 15) is 0 Å². The van der Waals surface area contributed by atoms with E-state index in [1.165, 1.54) is 31.4 Å². The predicted octanol–water partition coefficient (Wildman–Crippen LogP) is 3.87. The Morgan fingerprint density at radius 1 is 1.07 bits per heavy atom. The third kappa shape index (κ3) is 3.35.